The molecule has 1 aromatic carbocycles. The van der Waals surface area contributed by atoms with E-state index >= 15 is 0 Å². The van der Waals surface area contributed by atoms with E-state index in [-0.39, 0.29) is 21.6 Å². The zero-order chi connectivity index (χ0) is 18.2. The molecule has 0 aliphatic carbocycles. The number of ether oxygens (including phenoxy) is 1. The Labute approximate surface area is 148 Å². The Morgan fingerprint density at radius 1 is 1.20 bits per heavy atom. The highest BCUT2D eigenvalue weighted by molar-refractivity contribution is 7.90. The molecule has 0 spiro atoms. The second-order valence-corrected chi connectivity index (χ2v) is 7.28. The summed E-state index contributed by atoms with van der Waals surface area (Å²) < 4.78 is 31.2. The number of anilines is 1. The molecule has 1 N–H and O–H groups in total. The molecule has 0 saturated heterocycles. The Morgan fingerprint density at radius 2 is 1.88 bits per heavy atom. The number of hydrogen-bond acceptors (Lipinski definition) is 6. The fourth-order valence-electron chi connectivity index (χ4n) is 2.23. The van der Waals surface area contributed by atoms with Crippen molar-refractivity contribution >= 4 is 44.6 Å². The van der Waals surface area contributed by atoms with Crippen LogP contribution in [-0.4, -0.2) is 35.6 Å². The summed E-state index contributed by atoms with van der Waals surface area (Å²) in [5, 5.41) is 2.48. The fourth-order valence-corrected chi connectivity index (χ4v) is 3.69. The van der Waals surface area contributed by atoms with Crippen LogP contribution in [0.1, 0.15) is 5.56 Å². The first-order valence-electron chi connectivity index (χ1n) is 7.05. The second-order valence-electron chi connectivity index (χ2n) is 5.12. The van der Waals surface area contributed by atoms with E-state index in [0.29, 0.717) is 5.39 Å². The summed E-state index contributed by atoms with van der Waals surface area (Å²) in [5.74, 6) is 0.0553. The summed E-state index contributed by atoms with van der Waals surface area (Å²) in [6, 6.07) is 7.89. The van der Waals surface area contributed by atoms with Gasteiger partial charge in [0.05, 0.1) is 17.4 Å². The van der Waals surface area contributed by atoms with Crippen molar-refractivity contribution in [3.05, 3.63) is 47.4 Å². The van der Waals surface area contributed by atoms with Crippen molar-refractivity contribution in [2.24, 2.45) is 0 Å². The molecule has 25 heavy (non-hydrogen) atoms. The lowest BCUT2D eigenvalue weighted by Crippen LogP contribution is -2.15. The number of nitrogens with zero attached hydrogens (tertiary/aromatic N) is 3. The quantitative estimate of drug-likeness (QED) is 0.701. The van der Waals surface area contributed by atoms with Crippen molar-refractivity contribution in [3.8, 4) is 0 Å². The van der Waals surface area contributed by atoms with E-state index in [1.54, 1.807) is 12.1 Å². The summed E-state index contributed by atoms with van der Waals surface area (Å²) in [6.07, 6.45) is 0.568. The van der Waals surface area contributed by atoms with E-state index < -0.39 is 16.1 Å². The molecule has 2 aromatic heterocycles. The van der Waals surface area contributed by atoms with E-state index in [4.69, 9.17) is 11.6 Å². The molecule has 8 nitrogen and oxygen atoms in total. The van der Waals surface area contributed by atoms with Crippen molar-refractivity contribution in [3.63, 3.8) is 0 Å². The number of methoxy groups -OCH3 is 1. The van der Waals surface area contributed by atoms with Gasteiger partial charge in [-0.15, -0.1) is 0 Å². The molecule has 3 aromatic rings. The van der Waals surface area contributed by atoms with Gasteiger partial charge in [0.15, 0.2) is 5.65 Å². The Morgan fingerprint density at radius 3 is 2.52 bits per heavy atom. The van der Waals surface area contributed by atoms with E-state index in [1.807, 2.05) is 6.92 Å². The zero-order valence-electron chi connectivity index (χ0n) is 13.2. The Bertz CT molecular complexity index is 1060. The van der Waals surface area contributed by atoms with Gasteiger partial charge >= 0.3 is 6.09 Å². The average molecular weight is 381 g/mol. The van der Waals surface area contributed by atoms with Gasteiger partial charge in [0, 0.05) is 6.20 Å². The number of amides is 1. The molecule has 10 heteroatoms. The van der Waals surface area contributed by atoms with Gasteiger partial charge in [-0.05, 0) is 36.7 Å². The summed E-state index contributed by atoms with van der Waals surface area (Å²) in [5.41, 5.74) is 0.984. The zero-order valence-corrected chi connectivity index (χ0v) is 14.8. The second kappa shape index (κ2) is 6.34. The van der Waals surface area contributed by atoms with Crippen LogP contribution in [0.4, 0.5) is 10.6 Å². The number of aryl methyl sites for hydroxylation is 1. The Hall–Kier alpha value is -2.65. The maximum atomic E-state index is 12.9. The predicted molar refractivity (Wildman–Crippen MR) is 92.3 cm³/mol. The van der Waals surface area contributed by atoms with E-state index in [0.717, 1.165) is 9.54 Å². The number of fused-ring (bicyclic) bond motifs is 1. The molecule has 0 saturated carbocycles. The highest BCUT2D eigenvalue weighted by Crippen LogP contribution is 2.26. The lowest BCUT2D eigenvalue weighted by molar-refractivity contribution is 0.187. The Kier molecular flexibility index (Phi) is 4.36. The van der Waals surface area contributed by atoms with Crippen LogP contribution >= 0.6 is 11.6 Å². The van der Waals surface area contributed by atoms with Crippen molar-refractivity contribution in [1.29, 1.82) is 0 Å². The highest BCUT2D eigenvalue weighted by Gasteiger charge is 2.22. The lowest BCUT2D eigenvalue weighted by Gasteiger charge is -2.09. The molecule has 1 amide bonds. The summed E-state index contributed by atoms with van der Waals surface area (Å²) in [6.45, 7) is 1.86. The van der Waals surface area contributed by atoms with Crippen LogP contribution in [0.15, 0.2) is 41.4 Å². The van der Waals surface area contributed by atoms with Gasteiger partial charge in [-0.25, -0.2) is 17.2 Å². The van der Waals surface area contributed by atoms with Crippen LogP contribution in [0.25, 0.3) is 11.0 Å². The minimum Gasteiger partial charge on any atom is -0.453 e. The molecule has 0 aliphatic heterocycles. The summed E-state index contributed by atoms with van der Waals surface area (Å²) >= 11 is 5.87. The summed E-state index contributed by atoms with van der Waals surface area (Å²) in [4.78, 5) is 19.4. The summed E-state index contributed by atoms with van der Waals surface area (Å²) in [7, 11) is -2.69. The number of rotatable bonds is 3. The van der Waals surface area contributed by atoms with Crippen LogP contribution in [0.5, 0.6) is 0 Å². The molecule has 0 bridgehead atoms. The van der Waals surface area contributed by atoms with Crippen LogP contribution in [0.3, 0.4) is 0 Å². The molecule has 0 radical (unpaired) electrons. The normalized spacial score (nSPS) is 11.5. The number of aromatic nitrogens is 3. The third-order valence-corrected chi connectivity index (χ3v) is 5.32. The van der Waals surface area contributed by atoms with Gasteiger partial charge in [-0.2, -0.15) is 9.97 Å². The van der Waals surface area contributed by atoms with Gasteiger partial charge in [0.1, 0.15) is 5.82 Å². The molecule has 0 atom stereocenters. The number of carbonyl (C=O) groups is 1. The predicted octanol–water partition coefficient (Wildman–Crippen LogP) is 2.81. The number of carbonyl (C=O) groups excluding carboxylic acids is 1. The number of halogens is 1. The van der Waals surface area contributed by atoms with Gasteiger partial charge < -0.3 is 4.74 Å². The monoisotopic (exact) mass is 380 g/mol. The average Bonchev–Trinajstić information content (AvgIpc) is 2.99. The van der Waals surface area contributed by atoms with Crippen LogP contribution in [-0.2, 0) is 14.8 Å². The van der Waals surface area contributed by atoms with Gasteiger partial charge in [0.2, 0.25) is 5.28 Å². The van der Waals surface area contributed by atoms with Crippen molar-refractivity contribution in [1.82, 2.24) is 13.9 Å². The smallest absolute Gasteiger partial charge is 0.412 e. The van der Waals surface area contributed by atoms with Crippen LogP contribution in [0, 0.1) is 6.92 Å². The minimum atomic E-state index is -3.88. The Balaban J connectivity index is 2.18. The van der Waals surface area contributed by atoms with Crippen LogP contribution < -0.4 is 5.32 Å². The standard InChI is InChI=1S/C15H13ClN4O4S/c1-9-3-5-10(6-4-9)25(22,23)20-8-7-11-12(18-15(21)24-2)17-14(16)19-13(11)20/h3-8H,1-2H3,(H,17,18,19,21). The first kappa shape index (κ1) is 17.2. The number of nitrogens with one attached hydrogen (secondary N) is 1. The first-order chi connectivity index (χ1) is 11.8. The van der Waals surface area contributed by atoms with Crippen molar-refractivity contribution in [2.45, 2.75) is 11.8 Å². The maximum Gasteiger partial charge on any atom is 0.412 e. The molecule has 0 unspecified atom stereocenters. The number of hydrogen-bond donors (Lipinski definition) is 1. The third-order valence-electron chi connectivity index (χ3n) is 3.47. The van der Waals surface area contributed by atoms with Gasteiger partial charge in [0.25, 0.3) is 10.0 Å². The van der Waals surface area contributed by atoms with Gasteiger partial charge in [-0.3, -0.25) is 5.32 Å². The molecular formula is C15H13ClN4O4S. The highest BCUT2D eigenvalue weighted by atomic mass is 35.5. The maximum absolute atomic E-state index is 12.9. The molecule has 2 heterocycles. The van der Waals surface area contributed by atoms with Crippen molar-refractivity contribution in [2.75, 3.05) is 12.4 Å². The molecule has 0 aliphatic rings. The van der Waals surface area contributed by atoms with Gasteiger partial charge in [-0.1, -0.05) is 17.7 Å². The molecular weight excluding hydrogens is 368 g/mol. The number of benzene rings is 1. The van der Waals surface area contributed by atoms with E-state index in [1.165, 1.54) is 31.5 Å². The SMILES string of the molecule is COC(=O)Nc1nc(Cl)nc2c1ccn2S(=O)(=O)c1ccc(C)cc1. The minimum absolute atomic E-state index is 0.0481. The molecule has 130 valence electrons. The molecule has 0 fully saturated rings. The molecule has 3 rings (SSSR count). The van der Waals surface area contributed by atoms with E-state index in [2.05, 4.69) is 20.0 Å². The lowest BCUT2D eigenvalue weighted by atomic mass is 10.2. The largest absolute Gasteiger partial charge is 0.453 e. The van der Waals surface area contributed by atoms with Crippen LogP contribution in [0.2, 0.25) is 5.28 Å². The van der Waals surface area contributed by atoms with Crippen molar-refractivity contribution < 1.29 is 17.9 Å². The first-order valence-corrected chi connectivity index (χ1v) is 8.86. The van der Waals surface area contributed by atoms with E-state index in [9.17, 15) is 13.2 Å². The fraction of sp³-hybridized carbons (Fsp3) is 0.133. The topological polar surface area (TPSA) is 103 Å². The third kappa shape index (κ3) is 3.15.